The van der Waals surface area contributed by atoms with E-state index in [2.05, 4.69) is 29.3 Å². The average molecular weight is 254 g/mol. The van der Waals surface area contributed by atoms with Crippen molar-refractivity contribution < 1.29 is 4.79 Å². The lowest BCUT2D eigenvalue weighted by molar-refractivity contribution is -0.114. The Bertz CT molecular complexity index is 557. The van der Waals surface area contributed by atoms with Crippen molar-refractivity contribution in [3.8, 4) is 0 Å². The molecular weight excluding hydrogens is 236 g/mol. The molecule has 1 aromatic rings. The highest BCUT2D eigenvalue weighted by Crippen LogP contribution is 2.33. The van der Waals surface area contributed by atoms with Crippen molar-refractivity contribution in [2.75, 3.05) is 0 Å². The fourth-order valence-electron chi connectivity index (χ4n) is 3.09. The van der Waals surface area contributed by atoms with Crippen LogP contribution >= 0.6 is 0 Å². The number of nitrogens with zero attached hydrogens (tertiary/aromatic N) is 1. The summed E-state index contributed by atoms with van der Waals surface area (Å²) in [7, 11) is 0. The van der Waals surface area contributed by atoms with Gasteiger partial charge in [0.25, 0.3) is 5.91 Å². The van der Waals surface area contributed by atoms with Crippen LogP contribution in [0.1, 0.15) is 31.2 Å². The Morgan fingerprint density at radius 3 is 2.79 bits per heavy atom. The molecule has 0 radical (unpaired) electrons. The number of nitrogens with two attached hydrogens (primary N) is 1. The number of amidine groups is 1. The zero-order valence-electron chi connectivity index (χ0n) is 10.9. The third-order valence-electron chi connectivity index (χ3n) is 4.05. The summed E-state index contributed by atoms with van der Waals surface area (Å²) < 4.78 is 0. The molecule has 3 heteroatoms. The van der Waals surface area contributed by atoms with Crippen LogP contribution in [0.4, 0.5) is 0 Å². The minimum Gasteiger partial charge on any atom is -0.383 e. The molecule has 0 fully saturated rings. The van der Waals surface area contributed by atoms with Gasteiger partial charge in [-0.3, -0.25) is 4.79 Å². The first-order chi connectivity index (χ1) is 9.24. The second-order valence-corrected chi connectivity index (χ2v) is 5.41. The molecule has 98 valence electrons. The van der Waals surface area contributed by atoms with Crippen LogP contribution in [0.25, 0.3) is 0 Å². The summed E-state index contributed by atoms with van der Waals surface area (Å²) in [5.41, 5.74) is 9.12. The van der Waals surface area contributed by atoms with Gasteiger partial charge in [0.15, 0.2) is 0 Å². The maximum absolute atomic E-state index is 11.7. The number of benzene rings is 1. The van der Waals surface area contributed by atoms with E-state index in [-0.39, 0.29) is 5.91 Å². The molecule has 3 nitrogen and oxygen atoms in total. The van der Waals surface area contributed by atoms with Crippen LogP contribution in [-0.4, -0.2) is 11.7 Å². The van der Waals surface area contributed by atoms with Crippen molar-refractivity contribution in [1.29, 1.82) is 0 Å². The van der Waals surface area contributed by atoms with Crippen LogP contribution < -0.4 is 5.73 Å². The van der Waals surface area contributed by atoms with Gasteiger partial charge >= 0.3 is 0 Å². The molecule has 0 saturated carbocycles. The smallest absolute Gasteiger partial charge is 0.275 e. The van der Waals surface area contributed by atoms with Gasteiger partial charge in [-0.2, -0.15) is 4.99 Å². The predicted molar refractivity (Wildman–Crippen MR) is 75.8 cm³/mol. The van der Waals surface area contributed by atoms with Crippen LogP contribution in [0, 0.1) is 5.92 Å². The Labute approximate surface area is 113 Å². The Kier molecular flexibility index (Phi) is 3.20. The Balaban J connectivity index is 1.78. The van der Waals surface area contributed by atoms with Crippen molar-refractivity contribution >= 4 is 11.7 Å². The van der Waals surface area contributed by atoms with Crippen LogP contribution in [0.2, 0.25) is 0 Å². The van der Waals surface area contributed by atoms with Crippen molar-refractivity contribution in [2.45, 2.75) is 32.1 Å². The largest absolute Gasteiger partial charge is 0.383 e. The van der Waals surface area contributed by atoms with Crippen molar-refractivity contribution in [2.24, 2.45) is 16.6 Å². The molecule has 1 aliphatic carbocycles. The summed E-state index contributed by atoms with van der Waals surface area (Å²) in [6, 6.07) is 10.5. The number of carbonyl (C=O) groups excluding carboxylic acids is 1. The minimum atomic E-state index is -0.104. The van der Waals surface area contributed by atoms with Crippen molar-refractivity contribution in [1.82, 2.24) is 0 Å². The highest BCUT2D eigenvalue weighted by atomic mass is 16.1. The molecule has 1 unspecified atom stereocenters. The molecule has 0 bridgehead atoms. The van der Waals surface area contributed by atoms with Gasteiger partial charge in [0.2, 0.25) is 0 Å². The molecule has 2 N–H and O–H groups in total. The van der Waals surface area contributed by atoms with E-state index in [1.165, 1.54) is 5.56 Å². The van der Waals surface area contributed by atoms with E-state index in [4.69, 9.17) is 5.73 Å². The molecule has 0 spiro atoms. The first-order valence-corrected chi connectivity index (χ1v) is 6.89. The van der Waals surface area contributed by atoms with E-state index >= 15 is 0 Å². The van der Waals surface area contributed by atoms with Crippen LogP contribution in [0.3, 0.4) is 0 Å². The van der Waals surface area contributed by atoms with Crippen LogP contribution in [0.15, 0.2) is 46.5 Å². The molecule has 19 heavy (non-hydrogen) atoms. The quantitative estimate of drug-likeness (QED) is 0.882. The standard InChI is InChI=1S/C16H18N2O/c17-15-14-10-12(9-11-5-2-1-3-6-11)7-4-8-13(14)16(19)18-15/h1-3,5-6,12H,4,7-10H2,(H2,17,18,19). The SMILES string of the molecule is NC1=NC(=O)C2=C1CC(Cc1ccccc1)CCC2. The van der Waals surface area contributed by atoms with Gasteiger partial charge in [-0.15, -0.1) is 0 Å². The predicted octanol–water partition coefficient (Wildman–Crippen LogP) is 2.61. The highest BCUT2D eigenvalue weighted by Gasteiger charge is 2.29. The molecule has 1 amide bonds. The van der Waals surface area contributed by atoms with E-state index in [9.17, 15) is 4.79 Å². The topological polar surface area (TPSA) is 55.4 Å². The molecule has 1 aliphatic heterocycles. The number of hydrogen-bond donors (Lipinski definition) is 1. The van der Waals surface area contributed by atoms with Gasteiger partial charge in [-0.1, -0.05) is 30.3 Å². The maximum Gasteiger partial charge on any atom is 0.275 e. The molecule has 0 aromatic heterocycles. The number of aliphatic imine (C=N–C) groups is 1. The van der Waals surface area contributed by atoms with Gasteiger partial charge in [-0.05, 0) is 43.6 Å². The summed E-state index contributed by atoms with van der Waals surface area (Å²) in [6.07, 6.45) is 5.00. The summed E-state index contributed by atoms with van der Waals surface area (Å²) >= 11 is 0. The van der Waals surface area contributed by atoms with Gasteiger partial charge in [0.1, 0.15) is 5.84 Å². The fourth-order valence-corrected chi connectivity index (χ4v) is 3.09. The molecule has 3 rings (SSSR count). The molecule has 1 heterocycles. The Morgan fingerprint density at radius 1 is 1.21 bits per heavy atom. The minimum absolute atomic E-state index is 0.104. The third-order valence-corrected chi connectivity index (χ3v) is 4.05. The summed E-state index contributed by atoms with van der Waals surface area (Å²) in [5, 5.41) is 0. The molecule has 0 saturated heterocycles. The zero-order valence-corrected chi connectivity index (χ0v) is 10.9. The number of amides is 1. The summed E-state index contributed by atoms with van der Waals surface area (Å²) in [5.74, 6) is 0.919. The average Bonchev–Trinajstić information content (AvgIpc) is 2.59. The first-order valence-electron chi connectivity index (χ1n) is 6.89. The Hall–Kier alpha value is -1.90. The lowest BCUT2D eigenvalue weighted by Gasteiger charge is -2.15. The second-order valence-electron chi connectivity index (χ2n) is 5.41. The lowest BCUT2D eigenvalue weighted by atomic mass is 9.90. The van der Waals surface area contributed by atoms with Gasteiger partial charge in [0.05, 0.1) is 0 Å². The van der Waals surface area contributed by atoms with E-state index in [0.717, 1.165) is 43.3 Å². The highest BCUT2D eigenvalue weighted by molar-refractivity contribution is 6.17. The molecule has 1 aromatic carbocycles. The summed E-state index contributed by atoms with van der Waals surface area (Å²) in [4.78, 5) is 15.6. The van der Waals surface area contributed by atoms with Crippen LogP contribution in [-0.2, 0) is 11.2 Å². The maximum atomic E-state index is 11.7. The first kappa shape index (κ1) is 12.2. The zero-order chi connectivity index (χ0) is 13.2. The van der Waals surface area contributed by atoms with Gasteiger partial charge < -0.3 is 5.73 Å². The Morgan fingerprint density at radius 2 is 2.00 bits per heavy atom. The van der Waals surface area contributed by atoms with E-state index in [1.54, 1.807) is 0 Å². The van der Waals surface area contributed by atoms with E-state index in [0.29, 0.717) is 11.8 Å². The normalized spacial score (nSPS) is 23.1. The third kappa shape index (κ3) is 2.46. The lowest BCUT2D eigenvalue weighted by Crippen LogP contribution is -2.15. The molecule has 1 atom stereocenters. The van der Waals surface area contributed by atoms with Gasteiger partial charge in [-0.25, -0.2) is 0 Å². The number of carbonyl (C=O) groups is 1. The molecule has 2 aliphatic rings. The van der Waals surface area contributed by atoms with Crippen LogP contribution in [0.5, 0.6) is 0 Å². The fraction of sp³-hybridized carbons (Fsp3) is 0.375. The van der Waals surface area contributed by atoms with Crippen molar-refractivity contribution in [3.63, 3.8) is 0 Å². The van der Waals surface area contributed by atoms with Crippen molar-refractivity contribution in [3.05, 3.63) is 47.0 Å². The van der Waals surface area contributed by atoms with E-state index < -0.39 is 0 Å². The van der Waals surface area contributed by atoms with E-state index in [1.807, 2.05) is 6.07 Å². The second kappa shape index (κ2) is 5.00. The monoisotopic (exact) mass is 254 g/mol. The van der Waals surface area contributed by atoms with Gasteiger partial charge in [0, 0.05) is 11.1 Å². The number of hydrogen-bond acceptors (Lipinski definition) is 2. The number of rotatable bonds is 2. The molecular formula is C16H18N2O. The summed E-state index contributed by atoms with van der Waals surface area (Å²) in [6.45, 7) is 0.